The number of Topliss-reactive ketones (excluding diaryl/α,β-unsaturated/α-hetero) is 1. The number of hydrogen-bond donors (Lipinski definition) is 0. The van der Waals surface area contributed by atoms with Crippen LogP contribution in [0.15, 0.2) is 54.6 Å². The predicted octanol–water partition coefficient (Wildman–Crippen LogP) is 3.78. The molecule has 2 aromatic rings. The zero-order valence-electron chi connectivity index (χ0n) is 17.2. The van der Waals surface area contributed by atoms with Crippen molar-refractivity contribution in [2.45, 2.75) is 32.7 Å². The van der Waals surface area contributed by atoms with Crippen molar-refractivity contribution in [3.63, 3.8) is 0 Å². The molecular formula is C24H30N2O3. The van der Waals surface area contributed by atoms with Gasteiger partial charge in [-0.15, -0.1) is 0 Å². The fourth-order valence-electron chi connectivity index (χ4n) is 3.65. The van der Waals surface area contributed by atoms with Gasteiger partial charge in [-0.2, -0.15) is 0 Å². The Labute approximate surface area is 173 Å². The van der Waals surface area contributed by atoms with E-state index in [4.69, 9.17) is 4.74 Å². The molecule has 29 heavy (non-hydrogen) atoms. The average molecular weight is 395 g/mol. The molecule has 0 N–H and O–H groups in total. The van der Waals surface area contributed by atoms with Crippen LogP contribution in [0.25, 0.3) is 0 Å². The van der Waals surface area contributed by atoms with Crippen molar-refractivity contribution in [3.05, 3.63) is 65.7 Å². The van der Waals surface area contributed by atoms with Crippen LogP contribution >= 0.6 is 0 Å². The molecule has 154 valence electrons. The first kappa shape index (κ1) is 21.1. The SMILES string of the molecule is CCOc1ccc(C(=O)CCC(=O)N2CCCN(Cc3ccccc3)CC2)cc1. The number of carbonyl (C=O) groups excluding carboxylic acids is 2. The maximum atomic E-state index is 12.6. The van der Waals surface area contributed by atoms with Crippen molar-refractivity contribution in [2.75, 3.05) is 32.8 Å². The zero-order chi connectivity index (χ0) is 20.5. The minimum atomic E-state index is 0.00178. The van der Waals surface area contributed by atoms with E-state index < -0.39 is 0 Å². The first-order valence-electron chi connectivity index (χ1n) is 10.5. The number of ether oxygens (including phenoxy) is 1. The molecule has 0 atom stereocenters. The molecule has 0 unspecified atom stereocenters. The fourth-order valence-corrected chi connectivity index (χ4v) is 3.65. The summed E-state index contributed by atoms with van der Waals surface area (Å²) in [5.74, 6) is 0.831. The number of ketones is 1. The predicted molar refractivity (Wildman–Crippen MR) is 114 cm³/mol. The van der Waals surface area contributed by atoms with Gasteiger partial charge in [0.05, 0.1) is 6.61 Å². The Kier molecular flexibility index (Phi) is 7.82. The molecule has 1 aliphatic rings. The third-order valence-electron chi connectivity index (χ3n) is 5.24. The smallest absolute Gasteiger partial charge is 0.223 e. The van der Waals surface area contributed by atoms with Gasteiger partial charge in [0.2, 0.25) is 5.91 Å². The molecule has 3 rings (SSSR count). The van der Waals surface area contributed by atoms with E-state index >= 15 is 0 Å². The summed E-state index contributed by atoms with van der Waals surface area (Å²) < 4.78 is 5.40. The first-order chi connectivity index (χ1) is 14.2. The Balaban J connectivity index is 1.45. The van der Waals surface area contributed by atoms with Crippen molar-refractivity contribution in [1.29, 1.82) is 0 Å². The standard InChI is InChI=1S/C24H30N2O3/c1-2-29-22-11-9-21(10-12-22)23(27)13-14-24(28)26-16-6-15-25(17-18-26)19-20-7-4-3-5-8-20/h3-5,7-12H,2,6,13-19H2,1H3. The van der Waals surface area contributed by atoms with E-state index in [0.29, 0.717) is 12.2 Å². The second kappa shape index (κ2) is 10.8. The highest BCUT2D eigenvalue weighted by Gasteiger charge is 2.20. The molecule has 5 heteroatoms. The van der Waals surface area contributed by atoms with Crippen LogP contribution in [0.3, 0.4) is 0 Å². The second-order valence-electron chi connectivity index (χ2n) is 7.38. The Morgan fingerprint density at radius 3 is 2.38 bits per heavy atom. The summed E-state index contributed by atoms with van der Waals surface area (Å²) in [6.07, 6.45) is 1.48. The Morgan fingerprint density at radius 2 is 1.66 bits per heavy atom. The molecule has 0 saturated carbocycles. The zero-order valence-corrected chi connectivity index (χ0v) is 17.2. The lowest BCUT2D eigenvalue weighted by Gasteiger charge is -2.22. The van der Waals surface area contributed by atoms with Crippen LogP contribution in [0.5, 0.6) is 5.75 Å². The summed E-state index contributed by atoms with van der Waals surface area (Å²) in [7, 11) is 0. The molecule has 2 aromatic carbocycles. The number of benzene rings is 2. The molecule has 0 bridgehead atoms. The van der Waals surface area contributed by atoms with Crippen LogP contribution in [0.4, 0.5) is 0 Å². The second-order valence-corrected chi connectivity index (χ2v) is 7.38. The van der Waals surface area contributed by atoms with Crippen LogP contribution < -0.4 is 4.74 Å². The number of hydrogen-bond acceptors (Lipinski definition) is 4. The van der Waals surface area contributed by atoms with E-state index in [2.05, 4.69) is 29.2 Å². The lowest BCUT2D eigenvalue weighted by atomic mass is 10.1. The molecule has 0 aliphatic carbocycles. The van der Waals surface area contributed by atoms with E-state index in [1.54, 1.807) is 24.3 Å². The molecular weight excluding hydrogens is 364 g/mol. The summed E-state index contributed by atoms with van der Waals surface area (Å²) in [4.78, 5) is 29.3. The molecule has 1 fully saturated rings. The van der Waals surface area contributed by atoms with Gasteiger partial charge in [-0.1, -0.05) is 30.3 Å². The quantitative estimate of drug-likeness (QED) is 0.640. The van der Waals surface area contributed by atoms with E-state index in [1.807, 2.05) is 17.9 Å². The van der Waals surface area contributed by atoms with Gasteiger partial charge < -0.3 is 9.64 Å². The van der Waals surface area contributed by atoms with Gasteiger partial charge in [-0.05, 0) is 43.2 Å². The van der Waals surface area contributed by atoms with Gasteiger partial charge in [-0.25, -0.2) is 0 Å². The number of nitrogens with zero attached hydrogens (tertiary/aromatic N) is 2. The van der Waals surface area contributed by atoms with Crippen LogP contribution in [0.1, 0.15) is 42.1 Å². The maximum Gasteiger partial charge on any atom is 0.223 e. The van der Waals surface area contributed by atoms with Gasteiger partial charge in [0.25, 0.3) is 0 Å². The molecule has 0 aromatic heterocycles. The summed E-state index contributed by atoms with van der Waals surface area (Å²) in [6.45, 7) is 6.79. The van der Waals surface area contributed by atoms with Gasteiger partial charge in [0.1, 0.15) is 5.75 Å². The maximum absolute atomic E-state index is 12.6. The molecule has 5 nitrogen and oxygen atoms in total. The lowest BCUT2D eigenvalue weighted by molar-refractivity contribution is -0.131. The molecule has 1 amide bonds. The molecule has 1 heterocycles. The molecule has 1 aliphatic heterocycles. The third-order valence-corrected chi connectivity index (χ3v) is 5.24. The minimum Gasteiger partial charge on any atom is -0.494 e. The van der Waals surface area contributed by atoms with Crippen LogP contribution in [0, 0.1) is 0 Å². The summed E-state index contributed by atoms with van der Waals surface area (Å²) in [5, 5.41) is 0. The lowest BCUT2D eigenvalue weighted by Crippen LogP contribution is -2.35. The highest BCUT2D eigenvalue weighted by molar-refractivity contribution is 5.98. The summed E-state index contributed by atoms with van der Waals surface area (Å²) in [5.41, 5.74) is 1.93. The van der Waals surface area contributed by atoms with Crippen LogP contribution in [-0.2, 0) is 11.3 Å². The molecule has 1 saturated heterocycles. The van der Waals surface area contributed by atoms with E-state index in [-0.39, 0.29) is 24.5 Å². The monoisotopic (exact) mass is 394 g/mol. The van der Waals surface area contributed by atoms with Crippen LogP contribution in [-0.4, -0.2) is 54.3 Å². The number of carbonyl (C=O) groups is 2. The molecule has 0 spiro atoms. The average Bonchev–Trinajstić information content (AvgIpc) is 2.99. The van der Waals surface area contributed by atoms with Crippen molar-refractivity contribution in [2.24, 2.45) is 0 Å². The van der Waals surface area contributed by atoms with Gasteiger partial charge >= 0.3 is 0 Å². The number of amides is 1. The topological polar surface area (TPSA) is 49.9 Å². The van der Waals surface area contributed by atoms with E-state index in [9.17, 15) is 9.59 Å². The van der Waals surface area contributed by atoms with Crippen LogP contribution in [0.2, 0.25) is 0 Å². The van der Waals surface area contributed by atoms with E-state index in [1.165, 1.54) is 5.56 Å². The van der Waals surface area contributed by atoms with Crippen molar-refractivity contribution in [3.8, 4) is 5.75 Å². The van der Waals surface area contributed by atoms with Gasteiger partial charge in [-0.3, -0.25) is 14.5 Å². The summed E-state index contributed by atoms with van der Waals surface area (Å²) >= 11 is 0. The van der Waals surface area contributed by atoms with Gasteiger partial charge in [0, 0.05) is 51.1 Å². The Morgan fingerprint density at radius 1 is 0.897 bits per heavy atom. The van der Waals surface area contributed by atoms with Crippen molar-refractivity contribution >= 4 is 11.7 Å². The fraction of sp³-hybridized carbons (Fsp3) is 0.417. The largest absolute Gasteiger partial charge is 0.494 e. The van der Waals surface area contributed by atoms with Gasteiger partial charge in [0.15, 0.2) is 5.78 Å². The molecule has 0 radical (unpaired) electrons. The Bertz CT molecular complexity index is 790. The normalized spacial score (nSPS) is 15.0. The highest BCUT2D eigenvalue weighted by atomic mass is 16.5. The first-order valence-corrected chi connectivity index (χ1v) is 10.5. The van der Waals surface area contributed by atoms with E-state index in [0.717, 1.165) is 44.9 Å². The number of rotatable bonds is 8. The summed E-state index contributed by atoms with van der Waals surface area (Å²) in [6, 6.07) is 17.6. The minimum absolute atomic E-state index is 0.00178. The highest BCUT2D eigenvalue weighted by Crippen LogP contribution is 2.15. The Hall–Kier alpha value is -2.66. The van der Waals surface area contributed by atoms with Crippen molar-refractivity contribution < 1.29 is 14.3 Å². The third kappa shape index (κ3) is 6.43. The van der Waals surface area contributed by atoms with Crippen molar-refractivity contribution in [1.82, 2.24) is 9.80 Å².